The van der Waals surface area contributed by atoms with Crippen LogP contribution in [0.4, 0.5) is 5.82 Å². The van der Waals surface area contributed by atoms with E-state index in [-0.39, 0.29) is 23.5 Å². The lowest BCUT2D eigenvalue weighted by Crippen LogP contribution is -2.46. The third kappa shape index (κ3) is 6.16. The fourth-order valence-corrected chi connectivity index (χ4v) is 5.19. The molecule has 1 aromatic heterocycles. The van der Waals surface area contributed by atoms with E-state index >= 15 is 0 Å². The van der Waals surface area contributed by atoms with Gasteiger partial charge in [0.15, 0.2) is 5.82 Å². The molecule has 1 unspecified atom stereocenters. The molecule has 2 saturated carbocycles. The van der Waals surface area contributed by atoms with E-state index in [1.165, 1.54) is 25.7 Å². The van der Waals surface area contributed by atoms with Crippen LogP contribution in [0.1, 0.15) is 71.6 Å². The average Bonchev–Trinajstić information content (AvgIpc) is 3.56. The first-order valence-corrected chi connectivity index (χ1v) is 12.4. The number of aromatic nitrogens is 2. The first-order chi connectivity index (χ1) is 15.8. The second-order valence-electron chi connectivity index (χ2n) is 10.4. The number of methoxy groups -OCH3 is 1. The van der Waals surface area contributed by atoms with Crippen molar-refractivity contribution in [2.45, 2.75) is 95.9 Å². The van der Waals surface area contributed by atoms with Crippen molar-refractivity contribution in [1.29, 1.82) is 0 Å². The van der Waals surface area contributed by atoms with Crippen LogP contribution in [0.15, 0.2) is 24.1 Å². The highest BCUT2D eigenvalue weighted by Crippen LogP contribution is 2.32. The lowest BCUT2D eigenvalue weighted by Gasteiger charge is -2.29. The van der Waals surface area contributed by atoms with Crippen molar-refractivity contribution in [2.24, 2.45) is 5.92 Å². The zero-order valence-electron chi connectivity index (χ0n) is 20.2. The highest BCUT2D eigenvalue weighted by atomic mass is 16.5. The minimum atomic E-state index is -0.526. The largest absolute Gasteiger partial charge is 0.493 e. The normalized spacial score (nSPS) is 21.0. The standard InChI is InChI=1S/C25H38N4O4/c1-25(2,32-3)17-28-13-12-22(27-28)26-24(31)21(14-18-8-4-5-9-18)29-16-20(15-23(29)30)33-19-10-6-7-11-19/h12-13,15,18-19,21H,4-11,14,16-17H2,1-3H3,(H,26,27,31). The molecule has 1 aromatic rings. The van der Waals surface area contributed by atoms with Gasteiger partial charge in [0, 0.05) is 25.4 Å². The van der Waals surface area contributed by atoms with Gasteiger partial charge in [-0.2, -0.15) is 5.10 Å². The van der Waals surface area contributed by atoms with E-state index in [1.54, 1.807) is 28.8 Å². The van der Waals surface area contributed by atoms with Crippen LogP contribution in [-0.2, 0) is 25.6 Å². The van der Waals surface area contributed by atoms with Gasteiger partial charge in [0.25, 0.3) is 5.91 Å². The Kier molecular flexibility index (Phi) is 7.41. The maximum Gasteiger partial charge on any atom is 0.251 e. The topological polar surface area (TPSA) is 85.7 Å². The molecule has 0 saturated heterocycles. The molecule has 0 aromatic carbocycles. The monoisotopic (exact) mass is 458 g/mol. The number of ether oxygens (including phenoxy) is 2. The lowest BCUT2D eigenvalue weighted by molar-refractivity contribution is -0.134. The molecule has 4 rings (SSSR count). The van der Waals surface area contributed by atoms with Crippen LogP contribution in [0.25, 0.3) is 0 Å². The third-order valence-electron chi connectivity index (χ3n) is 7.21. The molecule has 0 radical (unpaired) electrons. The molecule has 2 fully saturated rings. The summed E-state index contributed by atoms with van der Waals surface area (Å²) < 4.78 is 13.3. The maximum atomic E-state index is 13.4. The molecule has 2 aliphatic carbocycles. The van der Waals surface area contributed by atoms with Crippen molar-refractivity contribution in [3.8, 4) is 0 Å². The number of anilines is 1. The van der Waals surface area contributed by atoms with E-state index in [9.17, 15) is 9.59 Å². The summed E-state index contributed by atoms with van der Waals surface area (Å²) in [5.41, 5.74) is -0.359. The molecule has 182 valence electrons. The Labute approximate surface area is 196 Å². The molecule has 0 spiro atoms. The summed E-state index contributed by atoms with van der Waals surface area (Å²) in [6.45, 7) is 4.92. The van der Waals surface area contributed by atoms with Gasteiger partial charge in [-0.25, -0.2) is 0 Å². The predicted molar refractivity (Wildman–Crippen MR) is 125 cm³/mol. The zero-order valence-corrected chi connectivity index (χ0v) is 20.2. The third-order valence-corrected chi connectivity index (χ3v) is 7.21. The van der Waals surface area contributed by atoms with Gasteiger partial charge >= 0.3 is 0 Å². The van der Waals surface area contributed by atoms with Crippen molar-refractivity contribution in [3.05, 3.63) is 24.1 Å². The van der Waals surface area contributed by atoms with Gasteiger partial charge in [-0.3, -0.25) is 14.3 Å². The average molecular weight is 459 g/mol. The quantitative estimate of drug-likeness (QED) is 0.575. The van der Waals surface area contributed by atoms with Gasteiger partial charge in [-0.15, -0.1) is 0 Å². The van der Waals surface area contributed by atoms with E-state index < -0.39 is 6.04 Å². The van der Waals surface area contributed by atoms with E-state index in [0.717, 1.165) is 25.7 Å². The number of hydrogen-bond donors (Lipinski definition) is 1. The van der Waals surface area contributed by atoms with Crippen LogP contribution in [0.5, 0.6) is 0 Å². The van der Waals surface area contributed by atoms with Crippen molar-refractivity contribution < 1.29 is 19.1 Å². The minimum absolute atomic E-state index is 0.131. The summed E-state index contributed by atoms with van der Waals surface area (Å²) >= 11 is 0. The summed E-state index contributed by atoms with van der Waals surface area (Å²) in [5.74, 6) is 1.34. The summed E-state index contributed by atoms with van der Waals surface area (Å²) in [5, 5.41) is 7.45. The molecule has 1 atom stereocenters. The van der Waals surface area contributed by atoms with Crippen LogP contribution in [-0.4, -0.2) is 57.9 Å². The molecule has 1 aliphatic heterocycles. The van der Waals surface area contributed by atoms with Gasteiger partial charge in [0.05, 0.1) is 24.8 Å². The molecule has 33 heavy (non-hydrogen) atoms. The molecular formula is C25H38N4O4. The number of nitrogens with one attached hydrogen (secondary N) is 1. The van der Waals surface area contributed by atoms with Crippen LogP contribution >= 0.6 is 0 Å². The van der Waals surface area contributed by atoms with E-state index in [4.69, 9.17) is 9.47 Å². The first kappa shape index (κ1) is 23.8. The SMILES string of the molecule is COC(C)(C)Cn1ccc(NC(=O)C(CC2CCCC2)N2CC(OC3CCCC3)=CC2=O)n1. The lowest BCUT2D eigenvalue weighted by atomic mass is 9.96. The predicted octanol–water partition coefficient (Wildman–Crippen LogP) is 3.88. The maximum absolute atomic E-state index is 13.4. The Morgan fingerprint density at radius 3 is 2.61 bits per heavy atom. The number of hydrogen-bond acceptors (Lipinski definition) is 5. The van der Waals surface area contributed by atoms with Gasteiger partial charge in [0.2, 0.25) is 5.91 Å². The highest BCUT2D eigenvalue weighted by molar-refractivity contribution is 5.99. The second-order valence-corrected chi connectivity index (χ2v) is 10.4. The Bertz CT molecular complexity index is 866. The fraction of sp³-hybridized carbons (Fsp3) is 0.720. The fourth-order valence-electron chi connectivity index (χ4n) is 5.19. The summed E-state index contributed by atoms with van der Waals surface area (Å²) in [6.07, 6.45) is 13.4. The van der Waals surface area contributed by atoms with E-state index in [0.29, 0.717) is 37.0 Å². The smallest absolute Gasteiger partial charge is 0.251 e. The van der Waals surface area contributed by atoms with Crippen molar-refractivity contribution in [2.75, 3.05) is 19.0 Å². The van der Waals surface area contributed by atoms with Crippen LogP contribution in [0.2, 0.25) is 0 Å². The van der Waals surface area contributed by atoms with Crippen molar-refractivity contribution in [1.82, 2.24) is 14.7 Å². The van der Waals surface area contributed by atoms with E-state index in [1.807, 2.05) is 20.0 Å². The Morgan fingerprint density at radius 1 is 1.21 bits per heavy atom. The molecule has 8 nitrogen and oxygen atoms in total. The summed E-state index contributed by atoms with van der Waals surface area (Å²) in [4.78, 5) is 28.0. The Hall–Kier alpha value is -2.35. The zero-order chi connectivity index (χ0) is 23.4. The molecule has 2 amide bonds. The minimum Gasteiger partial charge on any atom is -0.493 e. The number of nitrogens with zero attached hydrogens (tertiary/aromatic N) is 3. The van der Waals surface area contributed by atoms with Crippen molar-refractivity contribution >= 4 is 17.6 Å². The van der Waals surface area contributed by atoms with Crippen molar-refractivity contribution in [3.63, 3.8) is 0 Å². The number of rotatable bonds is 10. The van der Waals surface area contributed by atoms with Crippen LogP contribution < -0.4 is 5.32 Å². The van der Waals surface area contributed by atoms with Gasteiger partial charge in [-0.1, -0.05) is 25.7 Å². The number of amides is 2. The Morgan fingerprint density at radius 2 is 1.91 bits per heavy atom. The Balaban J connectivity index is 1.42. The van der Waals surface area contributed by atoms with Gasteiger partial charge in [-0.05, 0) is 51.9 Å². The van der Waals surface area contributed by atoms with E-state index in [2.05, 4.69) is 10.4 Å². The van der Waals surface area contributed by atoms with Gasteiger partial charge < -0.3 is 19.7 Å². The molecule has 0 bridgehead atoms. The summed E-state index contributed by atoms with van der Waals surface area (Å²) in [6, 6.07) is 1.26. The molecule has 1 N–H and O–H groups in total. The highest BCUT2D eigenvalue weighted by Gasteiger charge is 2.37. The second kappa shape index (κ2) is 10.3. The van der Waals surface area contributed by atoms with Crippen LogP contribution in [0, 0.1) is 5.92 Å². The molecular weight excluding hydrogens is 420 g/mol. The first-order valence-electron chi connectivity index (χ1n) is 12.4. The number of carbonyl (C=O) groups is 2. The molecule has 2 heterocycles. The number of carbonyl (C=O) groups excluding carboxylic acids is 2. The van der Waals surface area contributed by atoms with Crippen LogP contribution in [0.3, 0.4) is 0 Å². The molecule has 8 heteroatoms. The molecule has 3 aliphatic rings. The van der Waals surface area contributed by atoms with Gasteiger partial charge in [0.1, 0.15) is 11.8 Å². The summed E-state index contributed by atoms with van der Waals surface area (Å²) in [7, 11) is 1.67.